The highest BCUT2D eigenvalue weighted by Crippen LogP contribution is 2.47. The Kier molecular flexibility index (Phi) is 7.56. The van der Waals surface area contributed by atoms with Gasteiger partial charge in [-0.25, -0.2) is 28.4 Å². The summed E-state index contributed by atoms with van der Waals surface area (Å²) in [5.74, 6) is -0.314. The van der Waals surface area contributed by atoms with Crippen molar-refractivity contribution in [2.45, 2.75) is 61.9 Å². The number of thioether (sulfide) groups is 1. The van der Waals surface area contributed by atoms with Crippen LogP contribution in [0.2, 0.25) is 0 Å². The van der Waals surface area contributed by atoms with Crippen molar-refractivity contribution in [1.82, 2.24) is 25.0 Å². The molecule has 5 rings (SSSR count). The second kappa shape index (κ2) is 10.8. The van der Waals surface area contributed by atoms with Gasteiger partial charge in [-0.15, -0.1) is 5.10 Å². The zero-order valence-electron chi connectivity index (χ0n) is 19.8. The van der Waals surface area contributed by atoms with E-state index < -0.39 is 17.7 Å². The van der Waals surface area contributed by atoms with Crippen molar-refractivity contribution in [3.8, 4) is 0 Å². The van der Waals surface area contributed by atoms with Crippen molar-refractivity contribution >= 4 is 35.0 Å². The topological polar surface area (TPSA) is 119 Å². The van der Waals surface area contributed by atoms with E-state index in [1.165, 1.54) is 17.8 Å². The number of fused-ring (bicyclic) bond motifs is 1. The molecule has 2 aliphatic rings. The Bertz CT molecular complexity index is 1260. The molecule has 3 aromatic rings. The maximum atomic E-state index is 13.6. The van der Waals surface area contributed by atoms with Gasteiger partial charge in [-0.3, -0.25) is 0 Å². The van der Waals surface area contributed by atoms with Crippen LogP contribution in [0, 0.1) is 17.6 Å². The number of aliphatic imine (C=N–C) groups is 1. The van der Waals surface area contributed by atoms with Crippen LogP contribution in [0.5, 0.6) is 0 Å². The van der Waals surface area contributed by atoms with E-state index in [-0.39, 0.29) is 37.2 Å². The third-order valence-corrected chi connectivity index (χ3v) is 7.59. The fourth-order valence-corrected chi connectivity index (χ4v) is 5.30. The first-order chi connectivity index (χ1) is 17.5. The average molecular weight is 519 g/mol. The zero-order chi connectivity index (χ0) is 25.2. The minimum Gasteiger partial charge on any atom is -0.394 e. The quantitative estimate of drug-likeness (QED) is 0.238. The molecule has 0 bridgehead atoms. The van der Waals surface area contributed by atoms with Gasteiger partial charge < -0.3 is 14.9 Å². The first-order valence-corrected chi connectivity index (χ1v) is 13.1. The number of aromatic nitrogens is 5. The second-order valence-electron chi connectivity index (χ2n) is 9.16. The van der Waals surface area contributed by atoms with Gasteiger partial charge in [0, 0.05) is 24.3 Å². The highest BCUT2D eigenvalue weighted by molar-refractivity contribution is 7.99. The Balaban J connectivity index is 1.40. The van der Waals surface area contributed by atoms with Crippen LogP contribution in [-0.2, 0) is 4.74 Å². The number of ether oxygens (including phenoxy) is 1. The fraction of sp³-hybridized carbons (Fsp3) is 0.542. The minimum atomic E-state index is -0.855. The monoisotopic (exact) mass is 518 g/mol. The van der Waals surface area contributed by atoms with E-state index in [1.807, 2.05) is 0 Å². The Morgan fingerprint density at radius 1 is 1.22 bits per heavy atom. The molecule has 0 saturated heterocycles. The van der Waals surface area contributed by atoms with Crippen molar-refractivity contribution in [3.63, 3.8) is 0 Å². The van der Waals surface area contributed by atoms with Crippen molar-refractivity contribution in [2.75, 3.05) is 19.0 Å². The molecule has 192 valence electrons. The molecule has 1 unspecified atom stereocenters. The van der Waals surface area contributed by atoms with E-state index in [0.29, 0.717) is 35.0 Å². The van der Waals surface area contributed by atoms with Crippen LogP contribution in [0.4, 0.5) is 14.6 Å². The van der Waals surface area contributed by atoms with Crippen molar-refractivity contribution in [2.24, 2.45) is 10.9 Å². The zero-order valence-corrected chi connectivity index (χ0v) is 20.6. The summed E-state index contributed by atoms with van der Waals surface area (Å²) in [6, 6.07) is 3.63. The Hall–Kier alpha value is -2.54. The van der Waals surface area contributed by atoms with E-state index in [4.69, 9.17) is 9.84 Å². The van der Waals surface area contributed by atoms with E-state index in [0.717, 1.165) is 30.2 Å². The van der Waals surface area contributed by atoms with E-state index in [2.05, 4.69) is 32.2 Å². The maximum Gasteiger partial charge on any atom is 0.191 e. The van der Waals surface area contributed by atoms with Crippen molar-refractivity contribution in [1.29, 1.82) is 0 Å². The molecular formula is C24H28F2N6O3S. The third kappa shape index (κ3) is 5.26. The predicted molar refractivity (Wildman–Crippen MR) is 131 cm³/mol. The molecular weight excluding hydrogens is 490 g/mol. The summed E-state index contributed by atoms with van der Waals surface area (Å²) in [7, 11) is 0. The molecule has 5 atom stereocenters. The number of aliphatic hydroxyl groups excluding tert-OH is 2. The number of rotatable bonds is 10. The molecule has 2 aliphatic carbocycles. The van der Waals surface area contributed by atoms with Gasteiger partial charge in [-0.2, -0.15) is 0 Å². The summed E-state index contributed by atoms with van der Waals surface area (Å²) >= 11 is 1.51. The Morgan fingerprint density at radius 3 is 2.86 bits per heavy atom. The average Bonchev–Trinajstić information content (AvgIpc) is 3.38. The molecule has 2 fully saturated rings. The molecule has 2 saturated carbocycles. The van der Waals surface area contributed by atoms with Crippen molar-refractivity contribution in [3.05, 3.63) is 35.4 Å². The Morgan fingerprint density at radius 2 is 2.08 bits per heavy atom. The van der Waals surface area contributed by atoms with Crippen LogP contribution in [0.1, 0.15) is 50.1 Å². The first kappa shape index (κ1) is 25.1. The van der Waals surface area contributed by atoms with Gasteiger partial charge in [-0.05, 0) is 42.9 Å². The number of nitrogens with zero attached hydrogens (tertiary/aromatic N) is 6. The third-order valence-electron chi connectivity index (χ3n) is 6.53. The van der Waals surface area contributed by atoms with Gasteiger partial charge in [0.25, 0.3) is 0 Å². The van der Waals surface area contributed by atoms with Crippen molar-refractivity contribution < 1.29 is 23.7 Å². The minimum absolute atomic E-state index is 0.0753. The summed E-state index contributed by atoms with van der Waals surface area (Å²) in [6.07, 6.45) is 3.61. The number of halogens is 2. The highest BCUT2D eigenvalue weighted by Gasteiger charge is 2.38. The molecule has 12 heteroatoms. The second-order valence-corrected chi connectivity index (χ2v) is 10.2. The fourth-order valence-electron chi connectivity index (χ4n) is 4.61. The van der Waals surface area contributed by atoms with E-state index >= 15 is 0 Å². The van der Waals surface area contributed by atoms with Gasteiger partial charge in [0.2, 0.25) is 0 Å². The summed E-state index contributed by atoms with van der Waals surface area (Å²) < 4.78 is 34.1. The van der Waals surface area contributed by atoms with Crippen LogP contribution in [0.3, 0.4) is 0 Å². The number of benzene rings is 1. The number of hydrogen-bond donors (Lipinski definition) is 2. The lowest BCUT2D eigenvalue weighted by Gasteiger charge is -2.14. The summed E-state index contributed by atoms with van der Waals surface area (Å²) in [6.45, 7) is 2.21. The van der Waals surface area contributed by atoms with Gasteiger partial charge >= 0.3 is 0 Å². The highest BCUT2D eigenvalue weighted by atomic mass is 32.2. The molecule has 0 radical (unpaired) electrons. The predicted octanol–water partition coefficient (Wildman–Crippen LogP) is 3.58. The molecule has 1 aromatic carbocycles. The van der Waals surface area contributed by atoms with Crippen LogP contribution >= 0.6 is 11.8 Å². The summed E-state index contributed by atoms with van der Waals surface area (Å²) in [5.41, 5.74) is 1.68. The standard InChI is InChI=1S/C24H28F2N6O3S/c1-2-7-36-24-28-22(27-12-14-8-16(14)13-3-4-17(25)18(26)9-13)21-23(29-24)32(31-30-21)19-10-15(11-20(19)34)35-6-5-33/h3-4,9,12,14-16,19-20,33-34H,2,5-8,10-11H2,1H3/b27-12-/t14?,15-,16-,19+,20+/m0/s1. The van der Waals surface area contributed by atoms with E-state index in [9.17, 15) is 13.9 Å². The maximum absolute atomic E-state index is 13.6. The largest absolute Gasteiger partial charge is 0.394 e. The smallest absolute Gasteiger partial charge is 0.191 e. The molecule has 0 amide bonds. The van der Waals surface area contributed by atoms with Crippen LogP contribution in [0.25, 0.3) is 11.2 Å². The lowest BCUT2D eigenvalue weighted by Crippen LogP contribution is -2.19. The summed E-state index contributed by atoms with van der Waals surface area (Å²) in [4.78, 5) is 13.9. The van der Waals surface area contributed by atoms with Crippen LogP contribution in [-0.4, -0.2) is 72.6 Å². The lowest BCUT2D eigenvalue weighted by atomic mass is 10.1. The molecule has 2 heterocycles. The van der Waals surface area contributed by atoms with Gasteiger partial charge in [0.05, 0.1) is 31.5 Å². The molecule has 0 spiro atoms. The van der Waals surface area contributed by atoms with Crippen LogP contribution in [0.15, 0.2) is 28.3 Å². The molecule has 2 N–H and O–H groups in total. The number of hydrogen-bond acceptors (Lipinski definition) is 9. The Labute approximate surface area is 211 Å². The SMILES string of the molecule is CCCSc1nc(/N=C\C2C[C@H]2c2ccc(F)c(F)c2)c2nnn([C@@H]3C[C@H](OCCO)C[C@H]3O)c2n1. The molecule has 0 aliphatic heterocycles. The first-order valence-electron chi connectivity index (χ1n) is 12.1. The van der Waals surface area contributed by atoms with Gasteiger partial charge in [0.15, 0.2) is 33.8 Å². The van der Waals surface area contributed by atoms with E-state index in [1.54, 1.807) is 17.0 Å². The molecule has 9 nitrogen and oxygen atoms in total. The molecule has 36 heavy (non-hydrogen) atoms. The molecule has 2 aromatic heterocycles. The van der Waals surface area contributed by atoms with Crippen LogP contribution < -0.4 is 0 Å². The summed E-state index contributed by atoms with van der Waals surface area (Å²) in [5, 5.41) is 28.8. The lowest BCUT2D eigenvalue weighted by molar-refractivity contribution is 0.0252. The number of aliphatic hydroxyl groups is 2. The van der Waals surface area contributed by atoms with Gasteiger partial charge in [0.1, 0.15) is 0 Å². The normalized spacial score (nSPS) is 25.9. The van der Waals surface area contributed by atoms with Gasteiger partial charge in [-0.1, -0.05) is 30.0 Å².